The first-order valence-corrected chi connectivity index (χ1v) is 5.09. The molecule has 0 spiro atoms. The highest BCUT2D eigenvalue weighted by Gasteiger charge is 2.43. The fourth-order valence-corrected chi connectivity index (χ4v) is 2.80. The minimum Gasteiger partial charge on any atom is -0.313 e. The van der Waals surface area contributed by atoms with Crippen LogP contribution < -0.4 is 5.32 Å². The predicted octanol–water partition coefficient (Wildman–Crippen LogP) is 1.44. The van der Waals surface area contributed by atoms with Gasteiger partial charge in [-0.2, -0.15) is 0 Å². The van der Waals surface area contributed by atoms with E-state index in [2.05, 4.69) is 19.2 Å². The number of fused-ring (bicyclic) bond motifs is 2. The normalized spacial score (nSPS) is 53.8. The first-order valence-electron chi connectivity index (χ1n) is 5.09. The molecule has 0 amide bonds. The van der Waals surface area contributed by atoms with E-state index in [1.165, 1.54) is 6.42 Å². The van der Waals surface area contributed by atoms with E-state index in [1.54, 1.807) is 0 Å². The summed E-state index contributed by atoms with van der Waals surface area (Å²) in [6, 6.07) is 0.455. The fraction of sp³-hybridized carbons (Fsp3) is 1.00. The van der Waals surface area contributed by atoms with Crippen LogP contribution in [0.2, 0.25) is 0 Å². The van der Waals surface area contributed by atoms with Gasteiger partial charge in [0.05, 0.1) is 0 Å². The molecule has 0 aromatic carbocycles. The van der Waals surface area contributed by atoms with Gasteiger partial charge in [0.2, 0.25) is 0 Å². The van der Waals surface area contributed by atoms with E-state index in [-0.39, 0.29) is 6.10 Å². The summed E-state index contributed by atoms with van der Waals surface area (Å²) in [6.07, 6.45) is 2.12. The third-order valence-corrected chi connectivity index (χ3v) is 3.85. The molecule has 2 rings (SSSR count). The lowest BCUT2D eigenvalue weighted by molar-refractivity contribution is -0.0870. The Morgan fingerprint density at radius 1 is 1.17 bits per heavy atom. The Morgan fingerprint density at radius 3 is 2.67 bits per heavy atom. The minimum absolute atomic E-state index is 0.287. The average molecular weight is 168 g/mol. The Bertz CT molecular complexity index is 153. The monoisotopic (exact) mass is 168 g/mol. The predicted molar refractivity (Wildman–Crippen MR) is 47.3 cm³/mol. The van der Waals surface area contributed by atoms with Gasteiger partial charge in [-0.05, 0) is 25.7 Å². The lowest BCUT2D eigenvalue weighted by Crippen LogP contribution is -2.56. The quantitative estimate of drug-likeness (QED) is 0.583. The molecule has 0 aromatic heterocycles. The fourth-order valence-electron chi connectivity index (χ4n) is 2.80. The lowest BCUT2D eigenvalue weighted by Gasteiger charge is -2.45. The molecule has 69 valence electrons. The summed E-state index contributed by atoms with van der Waals surface area (Å²) in [5.74, 6) is 1.45. The van der Waals surface area contributed by atoms with Crippen LogP contribution in [0.3, 0.4) is 0 Å². The number of rotatable bonds is 0. The van der Waals surface area contributed by atoms with Gasteiger partial charge in [0.25, 0.3) is 0 Å². The van der Waals surface area contributed by atoms with Gasteiger partial charge in [-0.25, -0.2) is 5.11 Å². The molecule has 1 heterocycles. The second kappa shape index (κ2) is 3.00. The zero-order valence-corrected chi connectivity index (χ0v) is 7.92. The first kappa shape index (κ1) is 8.52. The molecule has 1 aliphatic carbocycles. The van der Waals surface area contributed by atoms with Crippen molar-refractivity contribution in [3.63, 3.8) is 0 Å². The van der Waals surface area contributed by atoms with Crippen molar-refractivity contribution in [2.75, 3.05) is 6.54 Å². The van der Waals surface area contributed by atoms with E-state index in [4.69, 9.17) is 0 Å². The van der Waals surface area contributed by atoms with Crippen LogP contribution in [-0.2, 0) is 5.11 Å². The van der Waals surface area contributed by atoms with Gasteiger partial charge in [-0.1, -0.05) is 6.92 Å². The Kier molecular flexibility index (Phi) is 2.13. The highest BCUT2D eigenvalue weighted by atomic mass is 16.3. The summed E-state index contributed by atoms with van der Waals surface area (Å²) >= 11 is 0. The molecule has 2 nitrogen and oxygen atoms in total. The first-order chi connectivity index (χ1) is 5.70. The largest absolute Gasteiger partial charge is 0.313 e. The maximum absolute atomic E-state index is 11.9. The second-order valence-corrected chi connectivity index (χ2v) is 4.54. The van der Waals surface area contributed by atoms with E-state index < -0.39 is 0 Å². The van der Waals surface area contributed by atoms with Crippen molar-refractivity contribution in [3.05, 3.63) is 0 Å². The highest BCUT2D eigenvalue weighted by molar-refractivity contribution is 4.95. The molecule has 12 heavy (non-hydrogen) atoms. The van der Waals surface area contributed by atoms with E-state index in [9.17, 15) is 5.11 Å². The van der Waals surface area contributed by atoms with Crippen LogP contribution in [0.25, 0.3) is 0 Å². The van der Waals surface area contributed by atoms with Crippen molar-refractivity contribution in [3.8, 4) is 0 Å². The van der Waals surface area contributed by atoms with Gasteiger partial charge in [-0.15, -0.1) is 0 Å². The molecule has 0 aromatic rings. The Morgan fingerprint density at radius 2 is 1.92 bits per heavy atom. The van der Waals surface area contributed by atoms with Crippen molar-refractivity contribution >= 4 is 0 Å². The average Bonchev–Trinajstić information content (AvgIpc) is 2.01. The molecule has 2 heteroatoms. The van der Waals surface area contributed by atoms with Crippen LogP contribution in [0, 0.1) is 17.8 Å². The van der Waals surface area contributed by atoms with Crippen LogP contribution in [0.5, 0.6) is 0 Å². The molecule has 2 bridgehead atoms. The van der Waals surface area contributed by atoms with Gasteiger partial charge in [0, 0.05) is 24.4 Å². The molecule has 1 unspecified atom stereocenters. The number of nitrogens with one attached hydrogen (secondary N) is 1. The second-order valence-electron chi connectivity index (χ2n) is 4.54. The van der Waals surface area contributed by atoms with E-state index in [0.717, 1.165) is 13.0 Å². The molecule has 1 radical (unpaired) electrons. The van der Waals surface area contributed by atoms with E-state index >= 15 is 0 Å². The SMILES string of the molecule is C[C@H]1CC[C@H]2C([O])[C@@H]1CN[C@@H]2C. The van der Waals surface area contributed by atoms with Gasteiger partial charge in [0.1, 0.15) is 6.10 Å². The zero-order valence-electron chi connectivity index (χ0n) is 7.92. The van der Waals surface area contributed by atoms with Gasteiger partial charge in [0.15, 0.2) is 0 Å². The Labute approximate surface area is 74.4 Å². The van der Waals surface area contributed by atoms with Crippen molar-refractivity contribution in [1.29, 1.82) is 0 Å². The molecular weight excluding hydrogens is 150 g/mol. The zero-order chi connectivity index (χ0) is 8.72. The Hall–Kier alpha value is -0.0800. The van der Waals surface area contributed by atoms with Gasteiger partial charge in [-0.3, -0.25) is 0 Å². The van der Waals surface area contributed by atoms with Crippen molar-refractivity contribution in [2.24, 2.45) is 17.8 Å². The highest BCUT2D eigenvalue weighted by Crippen LogP contribution is 2.38. The third kappa shape index (κ3) is 1.17. The molecule has 1 saturated carbocycles. The lowest BCUT2D eigenvalue weighted by atomic mass is 9.68. The third-order valence-electron chi connectivity index (χ3n) is 3.85. The molecule has 2 aliphatic rings. The summed E-state index contributed by atoms with van der Waals surface area (Å²) in [6.45, 7) is 5.33. The van der Waals surface area contributed by atoms with Crippen LogP contribution in [0.1, 0.15) is 26.7 Å². The minimum atomic E-state index is -0.287. The standard InChI is InChI=1S/C10H18NO/c1-6-3-4-8-7(2)11-5-9(6)10(8)12/h6-11H,3-5H2,1-2H3/t6-,7+,8+,9+,10?/m0/s1. The summed E-state index contributed by atoms with van der Waals surface area (Å²) < 4.78 is 0. The summed E-state index contributed by atoms with van der Waals surface area (Å²) in [4.78, 5) is 0. The smallest absolute Gasteiger partial charge is 0.102 e. The van der Waals surface area contributed by atoms with Crippen molar-refractivity contribution in [2.45, 2.75) is 38.8 Å². The van der Waals surface area contributed by atoms with E-state index in [1.807, 2.05) is 0 Å². The van der Waals surface area contributed by atoms with Crippen LogP contribution in [-0.4, -0.2) is 18.7 Å². The molecule has 5 atom stereocenters. The van der Waals surface area contributed by atoms with Crippen LogP contribution in [0.4, 0.5) is 0 Å². The summed E-state index contributed by atoms with van der Waals surface area (Å²) in [7, 11) is 0. The number of piperidine rings is 1. The molecule has 1 saturated heterocycles. The number of hydrogen-bond donors (Lipinski definition) is 1. The summed E-state index contributed by atoms with van der Waals surface area (Å²) in [5.41, 5.74) is 0. The maximum Gasteiger partial charge on any atom is 0.102 e. The van der Waals surface area contributed by atoms with Crippen LogP contribution in [0.15, 0.2) is 0 Å². The van der Waals surface area contributed by atoms with Gasteiger partial charge >= 0.3 is 0 Å². The number of hydrogen-bond acceptors (Lipinski definition) is 1. The Balaban J connectivity index is 2.12. The molecular formula is C10H18NO. The van der Waals surface area contributed by atoms with E-state index in [0.29, 0.717) is 23.8 Å². The topological polar surface area (TPSA) is 31.9 Å². The van der Waals surface area contributed by atoms with Crippen molar-refractivity contribution in [1.82, 2.24) is 5.32 Å². The van der Waals surface area contributed by atoms with Crippen LogP contribution >= 0.6 is 0 Å². The summed E-state index contributed by atoms with van der Waals surface area (Å²) in [5, 5.41) is 15.3. The molecule has 1 aliphatic heterocycles. The molecule has 2 fully saturated rings. The maximum atomic E-state index is 11.9. The van der Waals surface area contributed by atoms with Crippen molar-refractivity contribution < 1.29 is 5.11 Å². The van der Waals surface area contributed by atoms with Gasteiger partial charge < -0.3 is 5.32 Å². The molecule has 1 N–H and O–H groups in total.